The lowest BCUT2D eigenvalue weighted by Crippen LogP contribution is -2.07. The molecule has 13 heavy (non-hydrogen) atoms. The maximum atomic E-state index is 12.1. The fourth-order valence-electron chi connectivity index (χ4n) is 0.752. The number of hydrogen-bond acceptors (Lipinski definition) is 1. The second kappa shape index (κ2) is 3.84. The molecule has 0 saturated heterocycles. The number of rotatable bonds is 1. The Bertz CT molecular complexity index is 313. The van der Waals surface area contributed by atoms with Crippen LogP contribution in [0.15, 0.2) is 12.3 Å². The lowest BCUT2D eigenvalue weighted by molar-refractivity contribution is -0.137. The molecule has 0 spiro atoms. The second-order valence-electron chi connectivity index (χ2n) is 2.29. The van der Waals surface area contributed by atoms with Crippen LogP contribution in [-0.2, 0) is 11.5 Å². The highest BCUT2D eigenvalue weighted by Gasteiger charge is 2.33. The van der Waals surface area contributed by atoms with E-state index in [1.54, 1.807) is 0 Å². The average molecular weight is 274 g/mol. The minimum atomic E-state index is -4.44. The molecule has 1 aromatic rings. The van der Waals surface area contributed by atoms with Gasteiger partial charge in [0.25, 0.3) is 0 Å². The number of aromatic nitrogens is 1. The molecule has 72 valence electrons. The van der Waals surface area contributed by atoms with Gasteiger partial charge in [-0.25, -0.2) is 0 Å². The van der Waals surface area contributed by atoms with Crippen molar-refractivity contribution < 1.29 is 13.2 Å². The molecule has 0 N–H and O–H groups in total. The first kappa shape index (κ1) is 10.8. The highest BCUT2D eigenvalue weighted by Crippen LogP contribution is 2.34. The van der Waals surface area contributed by atoms with E-state index < -0.39 is 11.7 Å². The maximum Gasteiger partial charge on any atom is 0.419 e. The molecule has 0 fully saturated rings. The predicted molar refractivity (Wildman–Crippen MR) is 46.9 cm³/mol. The van der Waals surface area contributed by atoms with Crippen LogP contribution in [0, 0.1) is 0 Å². The third kappa shape index (κ3) is 2.57. The molecule has 0 aliphatic carbocycles. The molecule has 0 bridgehead atoms. The average Bonchev–Trinajstić information content (AvgIpc) is 2.01. The SMILES string of the molecule is FC(F)(F)c1cnc(CBr)cc1Cl. The van der Waals surface area contributed by atoms with Gasteiger partial charge in [0.1, 0.15) is 0 Å². The molecule has 6 heteroatoms. The van der Waals surface area contributed by atoms with Gasteiger partial charge in [-0.15, -0.1) is 0 Å². The van der Waals surface area contributed by atoms with Crippen molar-refractivity contribution in [3.05, 3.63) is 28.5 Å². The summed E-state index contributed by atoms with van der Waals surface area (Å²) in [6.45, 7) is 0. The number of pyridine rings is 1. The van der Waals surface area contributed by atoms with E-state index >= 15 is 0 Å². The second-order valence-corrected chi connectivity index (χ2v) is 3.25. The Labute approximate surface area is 86.0 Å². The molecule has 0 radical (unpaired) electrons. The minimum Gasteiger partial charge on any atom is -0.260 e. The summed E-state index contributed by atoms with van der Waals surface area (Å²) >= 11 is 8.48. The molecule has 1 rings (SSSR count). The summed E-state index contributed by atoms with van der Waals surface area (Å²) in [6.07, 6.45) is -3.70. The van der Waals surface area contributed by atoms with Crippen LogP contribution in [0.5, 0.6) is 0 Å². The summed E-state index contributed by atoms with van der Waals surface area (Å²) in [4.78, 5) is 3.57. The van der Waals surface area contributed by atoms with E-state index in [2.05, 4.69) is 20.9 Å². The van der Waals surface area contributed by atoms with Crippen LogP contribution in [0.3, 0.4) is 0 Å². The van der Waals surface area contributed by atoms with Gasteiger partial charge < -0.3 is 0 Å². The Morgan fingerprint density at radius 1 is 1.46 bits per heavy atom. The summed E-state index contributed by atoms with van der Waals surface area (Å²) in [5, 5.41) is 0.0576. The smallest absolute Gasteiger partial charge is 0.260 e. The number of halogens is 5. The zero-order chi connectivity index (χ0) is 10.1. The zero-order valence-corrected chi connectivity index (χ0v) is 8.54. The number of nitrogens with zero attached hydrogens (tertiary/aromatic N) is 1. The molecular formula is C7H4BrClF3N. The molecule has 0 saturated carbocycles. The van der Waals surface area contributed by atoms with Crippen molar-refractivity contribution >= 4 is 27.5 Å². The van der Waals surface area contributed by atoms with E-state index in [0.29, 0.717) is 11.0 Å². The van der Waals surface area contributed by atoms with Crippen LogP contribution in [0.25, 0.3) is 0 Å². The molecule has 0 aliphatic heterocycles. The summed E-state index contributed by atoms with van der Waals surface area (Å²) < 4.78 is 36.4. The van der Waals surface area contributed by atoms with Gasteiger partial charge in [0.15, 0.2) is 0 Å². The van der Waals surface area contributed by atoms with Crippen LogP contribution in [0.2, 0.25) is 5.02 Å². The Balaban J connectivity index is 3.13. The van der Waals surface area contributed by atoms with Crippen molar-refractivity contribution in [3.8, 4) is 0 Å². The summed E-state index contributed by atoms with van der Waals surface area (Å²) in [6, 6.07) is 1.19. The molecule has 0 aliphatic rings. The summed E-state index contributed by atoms with van der Waals surface area (Å²) in [5.41, 5.74) is -0.433. The van der Waals surface area contributed by atoms with Gasteiger partial charge >= 0.3 is 6.18 Å². The maximum absolute atomic E-state index is 12.1. The fourth-order valence-corrected chi connectivity index (χ4v) is 1.34. The lowest BCUT2D eigenvalue weighted by atomic mass is 10.2. The third-order valence-electron chi connectivity index (χ3n) is 1.35. The van der Waals surface area contributed by atoms with Gasteiger partial charge in [0.05, 0.1) is 16.3 Å². The molecular weight excluding hydrogens is 270 g/mol. The Hall–Kier alpha value is -0.290. The lowest BCUT2D eigenvalue weighted by Gasteiger charge is -2.08. The fraction of sp³-hybridized carbons (Fsp3) is 0.286. The normalized spacial score (nSPS) is 11.8. The van der Waals surface area contributed by atoms with Crippen LogP contribution in [-0.4, -0.2) is 4.98 Å². The quantitative estimate of drug-likeness (QED) is 0.712. The van der Waals surface area contributed by atoms with Crippen LogP contribution < -0.4 is 0 Å². The standard InChI is InChI=1S/C7H4BrClF3N/c8-2-4-1-6(9)5(3-13-4)7(10,11)12/h1,3H,2H2. The highest BCUT2D eigenvalue weighted by molar-refractivity contribution is 9.08. The van der Waals surface area contributed by atoms with Gasteiger partial charge in [-0.05, 0) is 6.07 Å². The molecule has 0 unspecified atom stereocenters. The minimum absolute atomic E-state index is 0.322. The monoisotopic (exact) mass is 273 g/mol. The highest BCUT2D eigenvalue weighted by atomic mass is 79.9. The molecule has 1 nitrogen and oxygen atoms in total. The van der Waals surface area contributed by atoms with Gasteiger partial charge in [-0.1, -0.05) is 27.5 Å². The van der Waals surface area contributed by atoms with E-state index in [1.165, 1.54) is 6.07 Å². The Morgan fingerprint density at radius 3 is 2.46 bits per heavy atom. The van der Waals surface area contributed by atoms with E-state index in [-0.39, 0.29) is 5.02 Å². The summed E-state index contributed by atoms with van der Waals surface area (Å²) in [7, 11) is 0. The van der Waals surface area contributed by atoms with Gasteiger partial charge in [0, 0.05) is 11.5 Å². The first-order valence-corrected chi connectivity index (χ1v) is 4.72. The largest absolute Gasteiger partial charge is 0.419 e. The van der Waals surface area contributed by atoms with Gasteiger partial charge in [-0.2, -0.15) is 13.2 Å². The van der Waals surface area contributed by atoms with E-state index in [1.807, 2.05) is 0 Å². The van der Waals surface area contributed by atoms with E-state index in [9.17, 15) is 13.2 Å². The Morgan fingerprint density at radius 2 is 2.08 bits per heavy atom. The van der Waals surface area contributed by atoms with Crippen molar-refractivity contribution in [1.82, 2.24) is 4.98 Å². The molecule has 0 atom stereocenters. The predicted octanol–water partition coefficient (Wildman–Crippen LogP) is 3.65. The van der Waals surface area contributed by atoms with Gasteiger partial charge in [0.2, 0.25) is 0 Å². The number of alkyl halides is 4. The molecule has 0 aromatic carbocycles. The van der Waals surface area contributed by atoms with Crippen molar-refractivity contribution in [2.75, 3.05) is 0 Å². The van der Waals surface area contributed by atoms with Gasteiger partial charge in [-0.3, -0.25) is 4.98 Å². The molecule has 0 amide bonds. The van der Waals surface area contributed by atoms with E-state index in [4.69, 9.17) is 11.6 Å². The van der Waals surface area contributed by atoms with Crippen LogP contribution >= 0.6 is 27.5 Å². The first-order chi connectivity index (χ1) is 5.95. The van der Waals surface area contributed by atoms with Crippen molar-refractivity contribution in [2.24, 2.45) is 0 Å². The van der Waals surface area contributed by atoms with Crippen LogP contribution in [0.1, 0.15) is 11.3 Å². The molecule has 1 heterocycles. The zero-order valence-electron chi connectivity index (χ0n) is 6.20. The van der Waals surface area contributed by atoms with Crippen molar-refractivity contribution in [3.63, 3.8) is 0 Å². The van der Waals surface area contributed by atoms with E-state index in [0.717, 1.165) is 6.20 Å². The van der Waals surface area contributed by atoms with Crippen molar-refractivity contribution in [1.29, 1.82) is 0 Å². The summed E-state index contributed by atoms with van der Waals surface area (Å²) in [5.74, 6) is 0. The molecule has 1 aromatic heterocycles. The first-order valence-electron chi connectivity index (χ1n) is 3.22. The Kier molecular flexibility index (Phi) is 3.18. The van der Waals surface area contributed by atoms with Crippen molar-refractivity contribution in [2.45, 2.75) is 11.5 Å². The number of hydrogen-bond donors (Lipinski definition) is 0. The topological polar surface area (TPSA) is 12.9 Å². The van der Waals surface area contributed by atoms with Crippen LogP contribution in [0.4, 0.5) is 13.2 Å². The third-order valence-corrected chi connectivity index (χ3v) is 2.24.